The van der Waals surface area contributed by atoms with E-state index in [9.17, 15) is 0 Å². The van der Waals surface area contributed by atoms with Gasteiger partial charge in [-0.3, -0.25) is 4.57 Å². The molecule has 3 heteroatoms. The molecule has 4 rings (SSSR count). The van der Waals surface area contributed by atoms with Gasteiger partial charge in [0.2, 0.25) is 0 Å². The van der Waals surface area contributed by atoms with E-state index < -0.39 is 0 Å². The quantitative estimate of drug-likeness (QED) is 0.531. The molecule has 0 unspecified atom stereocenters. The van der Waals surface area contributed by atoms with Crippen LogP contribution in [0.4, 0.5) is 0 Å². The maximum absolute atomic E-state index is 4.77. The fourth-order valence-corrected chi connectivity index (χ4v) is 3.09. The van der Waals surface area contributed by atoms with Gasteiger partial charge in [-0.1, -0.05) is 54.1 Å². The van der Waals surface area contributed by atoms with Crippen molar-refractivity contribution in [2.45, 2.75) is 20.4 Å². The number of aromatic nitrogens is 3. The standard InChI is InChI=1S/C20H19N3/c1-15-6-5-7-17(12-15)13-22-10-11-23(14-22)20-16(2)18-8-3-4-9-19(18)21-20/h3-12,14H,13H2,1-2H3. The highest BCUT2D eigenvalue weighted by molar-refractivity contribution is 5.86. The van der Waals surface area contributed by atoms with Crippen molar-refractivity contribution in [2.75, 3.05) is 0 Å². The van der Waals surface area contributed by atoms with Crippen LogP contribution in [0, 0.1) is 13.8 Å². The average molecular weight is 301 g/mol. The highest BCUT2D eigenvalue weighted by Crippen LogP contribution is 2.22. The van der Waals surface area contributed by atoms with Crippen LogP contribution in [0.2, 0.25) is 0 Å². The van der Waals surface area contributed by atoms with Crippen molar-refractivity contribution in [1.82, 2.24) is 9.55 Å². The third-order valence-electron chi connectivity index (χ3n) is 4.25. The third kappa shape index (κ3) is 2.55. The smallest absolute Gasteiger partial charge is 0.111 e. The molecule has 0 bridgehead atoms. The molecule has 23 heavy (non-hydrogen) atoms. The number of hydrogen-bond donors (Lipinski definition) is 0. The third-order valence-corrected chi connectivity index (χ3v) is 4.25. The highest BCUT2D eigenvalue weighted by Gasteiger charge is 2.03. The first-order valence-corrected chi connectivity index (χ1v) is 7.86. The minimum absolute atomic E-state index is 0.869. The second kappa shape index (κ2) is 5.43. The summed E-state index contributed by atoms with van der Waals surface area (Å²) < 4.78 is 4.29. The molecule has 2 aromatic carbocycles. The van der Waals surface area contributed by atoms with E-state index in [0.717, 1.165) is 17.9 Å². The first kappa shape index (κ1) is 13.8. The van der Waals surface area contributed by atoms with Crippen molar-refractivity contribution >= 4 is 10.9 Å². The van der Waals surface area contributed by atoms with Crippen molar-refractivity contribution < 1.29 is 4.57 Å². The molecule has 0 atom stereocenters. The lowest BCUT2D eigenvalue weighted by atomic mass is 10.1. The second-order valence-corrected chi connectivity index (χ2v) is 6.06. The zero-order valence-electron chi connectivity index (χ0n) is 13.4. The molecule has 3 nitrogen and oxygen atoms in total. The lowest BCUT2D eigenvalue weighted by Crippen LogP contribution is -2.31. The Hall–Kier alpha value is -2.81. The Labute approximate surface area is 135 Å². The second-order valence-electron chi connectivity index (χ2n) is 6.06. The first-order chi connectivity index (χ1) is 11.2. The van der Waals surface area contributed by atoms with Crippen LogP contribution in [0.5, 0.6) is 0 Å². The maximum Gasteiger partial charge on any atom is 0.111 e. The summed E-state index contributed by atoms with van der Waals surface area (Å²) >= 11 is 0. The fraction of sp³-hybridized carbons (Fsp3) is 0.150. The summed E-state index contributed by atoms with van der Waals surface area (Å²) in [6.07, 6.45) is 6.28. The molecule has 4 aromatic rings. The van der Waals surface area contributed by atoms with Crippen LogP contribution < -0.4 is 9.55 Å². The van der Waals surface area contributed by atoms with E-state index in [1.165, 1.54) is 22.1 Å². The molecule has 2 heterocycles. The lowest BCUT2D eigenvalue weighted by molar-refractivity contribution is -0.687. The van der Waals surface area contributed by atoms with E-state index in [4.69, 9.17) is 4.98 Å². The molecule has 0 radical (unpaired) electrons. The monoisotopic (exact) mass is 301 g/mol. The Bertz CT molecular complexity index is 975. The van der Waals surface area contributed by atoms with E-state index in [2.05, 4.69) is 84.2 Å². The van der Waals surface area contributed by atoms with Gasteiger partial charge in [0.15, 0.2) is 0 Å². The summed E-state index contributed by atoms with van der Waals surface area (Å²) in [4.78, 5) is 4.77. The van der Waals surface area contributed by atoms with Gasteiger partial charge in [0.1, 0.15) is 6.54 Å². The van der Waals surface area contributed by atoms with Crippen molar-refractivity contribution in [2.24, 2.45) is 0 Å². The van der Waals surface area contributed by atoms with Crippen LogP contribution >= 0.6 is 0 Å². The SMILES string of the molecule is Cc1cccc(C[n+]2ccn(-c3[n-]c4ccccc4c3C)c2)c1. The van der Waals surface area contributed by atoms with Crippen molar-refractivity contribution in [1.29, 1.82) is 0 Å². The predicted molar refractivity (Wildman–Crippen MR) is 91.8 cm³/mol. The number of benzene rings is 2. The van der Waals surface area contributed by atoms with Gasteiger partial charge in [0.25, 0.3) is 0 Å². The van der Waals surface area contributed by atoms with Crippen molar-refractivity contribution in [3.05, 3.63) is 83.9 Å². The number of rotatable bonds is 3. The van der Waals surface area contributed by atoms with Gasteiger partial charge in [-0.05, 0) is 47.9 Å². The molecule has 0 fully saturated rings. The Balaban J connectivity index is 1.68. The molecule has 0 aliphatic heterocycles. The number of imidazole rings is 1. The Morgan fingerprint density at radius 2 is 1.91 bits per heavy atom. The average Bonchev–Trinajstić information content (AvgIpc) is 3.13. The first-order valence-electron chi connectivity index (χ1n) is 7.86. The number of fused-ring (bicyclic) bond motifs is 1. The van der Waals surface area contributed by atoms with Crippen LogP contribution in [-0.2, 0) is 6.54 Å². The number of para-hydroxylation sites is 1. The Kier molecular flexibility index (Phi) is 3.27. The zero-order chi connectivity index (χ0) is 15.8. The largest absolute Gasteiger partial charge is 0.435 e. The molecule has 0 amide bonds. The molecular weight excluding hydrogens is 282 g/mol. The minimum atomic E-state index is 0.869. The number of nitrogens with zero attached hydrogens (tertiary/aromatic N) is 3. The van der Waals surface area contributed by atoms with Gasteiger partial charge in [-0.15, -0.1) is 0 Å². The van der Waals surface area contributed by atoms with Gasteiger partial charge in [-0.2, -0.15) is 0 Å². The van der Waals surface area contributed by atoms with Crippen LogP contribution in [0.1, 0.15) is 16.7 Å². The van der Waals surface area contributed by atoms with Crippen molar-refractivity contribution in [3.63, 3.8) is 0 Å². The van der Waals surface area contributed by atoms with Gasteiger partial charge in [0.05, 0.1) is 12.5 Å². The van der Waals surface area contributed by atoms with Crippen molar-refractivity contribution in [3.8, 4) is 5.82 Å². The van der Waals surface area contributed by atoms with Crippen LogP contribution in [-0.4, -0.2) is 4.57 Å². The van der Waals surface area contributed by atoms with Crippen LogP contribution in [0.15, 0.2) is 67.3 Å². The lowest BCUT2D eigenvalue weighted by Gasteiger charge is -2.09. The van der Waals surface area contributed by atoms with Gasteiger partial charge < -0.3 is 9.55 Å². The number of hydrogen-bond acceptors (Lipinski definition) is 0. The Morgan fingerprint density at radius 1 is 1.04 bits per heavy atom. The van der Waals surface area contributed by atoms with Gasteiger partial charge in [-0.25, -0.2) is 0 Å². The normalized spacial score (nSPS) is 11.2. The topological polar surface area (TPSA) is 22.9 Å². The molecule has 0 aliphatic carbocycles. The zero-order valence-corrected chi connectivity index (χ0v) is 13.4. The van der Waals surface area contributed by atoms with E-state index >= 15 is 0 Å². The molecule has 114 valence electrons. The summed E-state index contributed by atoms with van der Waals surface area (Å²) in [5.74, 6) is 1.01. The maximum atomic E-state index is 4.77. The van der Waals surface area contributed by atoms with E-state index in [0.29, 0.717) is 0 Å². The summed E-state index contributed by atoms with van der Waals surface area (Å²) in [5, 5.41) is 1.22. The summed E-state index contributed by atoms with van der Waals surface area (Å²) in [7, 11) is 0. The number of aryl methyl sites for hydroxylation is 2. The molecule has 0 aliphatic rings. The molecule has 0 N–H and O–H groups in total. The summed E-state index contributed by atoms with van der Waals surface area (Å²) in [6.45, 7) is 5.13. The Morgan fingerprint density at radius 3 is 2.74 bits per heavy atom. The van der Waals surface area contributed by atoms with Gasteiger partial charge >= 0.3 is 0 Å². The van der Waals surface area contributed by atoms with E-state index in [1.54, 1.807) is 0 Å². The molecule has 2 aromatic heterocycles. The molecule has 0 saturated heterocycles. The van der Waals surface area contributed by atoms with Gasteiger partial charge in [0, 0.05) is 0 Å². The molecular formula is C20H19N3. The molecule has 0 spiro atoms. The van der Waals surface area contributed by atoms with Crippen LogP contribution in [0.3, 0.4) is 0 Å². The van der Waals surface area contributed by atoms with Crippen LogP contribution in [0.25, 0.3) is 16.7 Å². The highest BCUT2D eigenvalue weighted by atomic mass is 15.2. The van der Waals surface area contributed by atoms with E-state index in [1.807, 2.05) is 6.07 Å². The van der Waals surface area contributed by atoms with E-state index in [-0.39, 0.29) is 0 Å². The molecule has 0 saturated carbocycles. The summed E-state index contributed by atoms with van der Waals surface area (Å²) in [5.41, 5.74) is 4.88. The predicted octanol–water partition coefficient (Wildman–Crippen LogP) is 3.54. The fourth-order valence-electron chi connectivity index (χ4n) is 3.09. The minimum Gasteiger partial charge on any atom is -0.435 e. The summed E-state index contributed by atoms with van der Waals surface area (Å²) in [6, 6.07) is 16.9.